The Morgan fingerprint density at radius 3 is 2.84 bits per heavy atom. The Kier molecular flexibility index (Phi) is 3.98. The predicted octanol–water partition coefficient (Wildman–Crippen LogP) is 3.89. The molecule has 25 heavy (non-hydrogen) atoms. The van der Waals surface area contributed by atoms with E-state index in [1.54, 1.807) is 36.5 Å². The first-order valence-electron chi connectivity index (χ1n) is 7.96. The molecule has 2 heterocycles. The second-order valence-corrected chi connectivity index (χ2v) is 7.25. The fourth-order valence-corrected chi connectivity index (χ4v) is 3.78. The van der Waals surface area contributed by atoms with Gasteiger partial charge in [-0.15, -0.1) is 0 Å². The fourth-order valence-electron chi connectivity index (χ4n) is 3.30. The fraction of sp³-hybridized carbons (Fsp3) is 0.333. The second kappa shape index (κ2) is 5.94. The maximum Gasteiger partial charge on any atom is 0.262 e. The lowest BCUT2D eigenvalue weighted by atomic mass is 9.77. The molecule has 7 heteroatoms. The number of ether oxygens (including phenoxy) is 1. The first-order chi connectivity index (χ1) is 11.9. The molecule has 1 aromatic heterocycles. The van der Waals surface area contributed by atoms with E-state index >= 15 is 4.39 Å². The van der Waals surface area contributed by atoms with Gasteiger partial charge in [0.1, 0.15) is 5.60 Å². The summed E-state index contributed by atoms with van der Waals surface area (Å²) in [6.45, 7) is 0.646. The summed E-state index contributed by atoms with van der Waals surface area (Å²) in [5.41, 5.74) is -1.14. The largest absolute Gasteiger partial charge is 0.363 e. The molecule has 1 N–H and O–H groups in total. The third kappa shape index (κ3) is 2.80. The number of hydrogen-bond donors (Lipinski definition) is 1. The average molecular weight is 381 g/mol. The third-order valence-electron chi connectivity index (χ3n) is 4.85. The van der Waals surface area contributed by atoms with Crippen LogP contribution in [0.25, 0.3) is 0 Å². The monoisotopic (exact) mass is 380 g/mol. The van der Waals surface area contributed by atoms with Crippen molar-refractivity contribution in [3.63, 3.8) is 0 Å². The smallest absolute Gasteiger partial charge is 0.262 e. The number of pyridine rings is 1. The molecule has 2 aromatic rings. The van der Waals surface area contributed by atoms with Gasteiger partial charge in [-0.2, -0.15) is 0 Å². The Labute approximate surface area is 154 Å². The summed E-state index contributed by atoms with van der Waals surface area (Å²) in [5, 5.41) is 3.58. The molecule has 1 fully saturated rings. The van der Waals surface area contributed by atoms with Crippen molar-refractivity contribution in [3.05, 3.63) is 63.4 Å². The number of rotatable bonds is 3. The molecular weight excluding hydrogens is 366 g/mol. The lowest BCUT2D eigenvalue weighted by Crippen LogP contribution is -2.45. The minimum absolute atomic E-state index is 0.0614. The minimum atomic E-state index is -2.13. The van der Waals surface area contributed by atoms with Crippen LogP contribution in [0, 0.1) is 0 Å². The van der Waals surface area contributed by atoms with Crippen molar-refractivity contribution < 1.29 is 13.9 Å². The highest BCUT2D eigenvalue weighted by Gasteiger charge is 2.58. The third-order valence-corrected chi connectivity index (χ3v) is 5.43. The highest BCUT2D eigenvalue weighted by Crippen LogP contribution is 2.53. The number of hydrogen-bond acceptors (Lipinski definition) is 3. The van der Waals surface area contributed by atoms with Crippen LogP contribution in [0.4, 0.5) is 4.39 Å². The molecule has 1 aromatic carbocycles. The van der Waals surface area contributed by atoms with Crippen LogP contribution < -0.4 is 5.32 Å². The van der Waals surface area contributed by atoms with E-state index in [4.69, 9.17) is 27.9 Å². The molecule has 4 nitrogen and oxygen atoms in total. The van der Waals surface area contributed by atoms with Gasteiger partial charge in [0.25, 0.3) is 5.91 Å². The molecule has 0 bridgehead atoms. The van der Waals surface area contributed by atoms with Gasteiger partial charge in [-0.3, -0.25) is 9.78 Å². The molecule has 1 aliphatic heterocycles. The maximum atomic E-state index is 15.6. The number of aromatic nitrogens is 1. The van der Waals surface area contributed by atoms with Crippen LogP contribution in [0.2, 0.25) is 10.0 Å². The number of halogens is 3. The zero-order chi connectivity index (χ0) is 17.7. The number of epoxide rings is 1. The molecule has 2 atom stereocenters. The van der Waals surface area contributed by atoms with E-state index in [1.165, 1.54) is 0 Å². The first kappa shape index (κ1) is 16.8. The van der Waals surface area contributed by atoms with Gasteiger partial charge in [-0.05, 0) is 36.6 Å². The van der Waals surface area contributed by atoms with Crippen LogP contribution in [-0.2, 0) is 27.3 Å². The number of nitrogens with one attached hydrogen (secondary N) is 1. The zero-order valence-corrected chi connectivity index (χ0v) is 14.7. The highest BCUT2D eigenvalue weighted by molar-refractivity contribution is 6.35. The van der Waals surface area contributed by atoms with Gasteiger partial charge in [0.2, 0.25) is 5.67 Å². The summed E-state index contributed by atoms with van der Waals surface area (Å²) in [6, 6.07) is 8.22. The van der Waals surface area contributed by atoms with Gasteiger partial charge in [-0.25, -0.2) is 4.39 Å². The second-order valence-electron chi connectivity index (χ2n) is 6.40. The Morgan fingerprint density at radius 2 is 2.12 bits per heavy atom. The number of benzene rings is 1. The molecule has 130 valence electrons. The average Bonchev–Trinajstić information content (AvgIpc) is 3.39. The number of amides is 1. The molecule has 1 amide bonds. The molecule has 0 unspecified atom stereocenters. The summed E-state index contributed by atoms with van der Waals surface area (Å²) >= 11 is 12.0. The van der Waals surface area contributed by atoms with E-state index in [9.17, 15) is 4.79 Å². The van der Waals surface area contributed by atoms with E-state index in [0.29, 0.717) is 39.9 Å². The van der Waals surface area contributed by atoms with E-state index < -0.39 is 17.2 Å². The SMILES string of the molecule is O=C(NCc1ccc(Cl)cc1Cl)[C@@]1(F)CC[C@]2(CO2)c2ncccc21. The van der Waals surface area contributed by atoms with Gasteiger partial charge < -0.3 is 10.1 Å². The van der Waals surface area contributed by atoms with Crippen molar-refractivity contribution in [3.8, 4) is 0 Å². The maximum absolute atomic E-state index is 15.6. The van der Waals surface area contributed by atoms with Gasteiger partial charge in [0.05, 0.1) is 12.3 Å². The highest BCUT2D eigenvalue weighted by atomic mass is 35.5. The molecule has 2 aliphatic rings. The molecule has 0 radical (unpaired) electrons. The van der Waals surface area contributed by atoms with Gasteiger partial charge in [0, 0.05) is 28.4 Å². The molecule has 0 saturated carbocycles. The van der Waals surface area contributed by atoms with E-state index in [-0.39, 0.29) is 13.0 Å². The molecule has 4 rings (SSSR count). The van der Waals surface area contributed by atoms with Crippen molar-refractivity contribution in [1.82, 2.24) is 10.3 Å². The summed E-state index contributed by atoms with van der Waals surface area (Å²) in [4.78, 5) is 16.9. The zero-order valence-electron chi connectivity index (χ0n) is 13.2. The van der Waals surface area contributed by atoms with Crippen molar-refractivity contribution in [1.29, 1.82) is 0 Å². The van der Waals surface area contributed by atoms with Crippen LogP contribution in [0.1, 0.15) is 29.7 Å². The van der Waals surface area contributed by atoms with Crippen LogP contribution in [0.15, 0.2) is 36.5 Å². The normalized spacial score (nSPS) is 27.0. The predicted molar refractivity (Wildman–Crippen MR) is 92.2 cm³/mol. The van der Waals surface area contributed by atoms with E-state index in [0.717, 1.165) is 0 Å². The molecular formula is C18H15Cl2FN2O2. The van der Waals surface area contributed by atoms with Crippen LogP contribution in [-0.4, -0.2) is 17.5 Å². The first-order valence-corrected chi connectivity index (χ1v) is 8.71. The summed E-state index contributed by atoms with van der Waals surface area (Å²) in [5.74, 6) is -0.691. The van der Waals surface area contributed by atoms with Crippen molar-refractivity contribution in [2.75, 3.05) is 6.61 Å². The quantitative estimate of drug-likeness (QED) is 0.821. The van der Waals surface area contributed by atoms with Gasteiger partial charge >= 0.3 is 0 Å². The molecule has 1 spiro atoms. The Balaban J connectivity index is 1.57. The van der Waals surface area contributed by atoms with Gasteiger partial charge in [0.15, 0.2) is 0 Å². The number of carbonyl (C=O) groups is 1. The van der Waals surface area contributed by atoms with E-state index in [1.807, 2.05) is 0 Å². The summed E-state index contributed by atoms with van der Waals surface area (Å²) < 4.78 is 21.1. The Morgan fingerprint density at radius 1 is 1.32 bits per heavy atom. The van der Waals surface area contributed by atoms with Crippen molar-refractivity contribution in [2.24, 2.45) is 0 Å². The van der Waals surface area contributed by atoms with Crippen molar-refractivity contribution >= 4 is 29.1 Å². The number of nitrogens with zero attached hydrogens (tertiary/aromatic N) is 1. The minimum Gasteiger partial charge on any atom is -0.363 e. The van der Waals surface area contributed by atoms with Crippen LogP contribution in [0.5, 0.6) is 0 Å². The topological polar surface area (TPSA) is 54.5 Å². The summed E-state index contributed by atoms with van der Waals surface area (Å²) in [7, 11) is 0. The van der Waals surface area contributed by atoms with Crippen LogP contribution in [0.3, 0.4) is 0 Å². The summed E-state index contributed by atoms with van der Waals surface area (Å²) in [6.07, 6.45) is 2.09. The number of alkyl halides is 1. The molecule has 1 saturated heterocycles. The molecule has 1 aliphatic carbocycles. The lowest BCUT2D eigenvalue weighted by molar-refractivity contribution is -0.135. The Hall–Kier alpha value is -1.69. The van der Waals surface area contributed by atoms with Crippen LogP contribution >= 0.6 is 23.2 Å². The standard InChI is InChI=1S/C18H15Cl2FN2O2/c19-12-4-3-11(14(20)8-12)9-23-16(24)18(21)6-5-17(10-25-17)15-13(18)2-1-7-22-15/h1-4,7-8H,5-6,9-10H2,(H,23,24)/t17-,18+/m0/s1. The number of fused-ring (bicyclic) bond motifs is 2. The number of carbonyl (C=O) groups excluding carboxylic acids is 1. The van der Waals surface area contributed by atoms with Crippen molar-refractivity contribution in [2.45, 2.75) is 30.7 Å². The lowest BCUT2D eigenvalue weighted by Gasteiger charge is -2.33. The van der Waals surface area contributed by atoms with Gasteiger partial charge in [-0.1, -0.05) is 35.3 Å². The Bertz CT molecular complexity index is 857. The van der Waals surface area contributed by atoms with E-state index in [2.05, 4.69) is 10.3 Å².